The fraction of sp³-hybridized carbons (Fsp3) is 0.462. The van der Waals surface area contributed by atoms with E-state index in [0.717, 1.165) is 0 Å². The molecular formula is C13H17BrO5. The lowest BCUT2D eigenvalue weighted by atomic mass is 10.2. The topological polar surface area (TPSA) is 76.0 Å². The molecule has 5 nitrogen and oxygen atoms in total. The summed E-state index contributed by atoms with van der Waals surface area (Å²) in [6.45, 7) is 3.86. The summed E-state index contributed by atoms with van der Waals surface area (Å²) < 4.78 is 11.2. The summed E-state index contributed by atoms with van der Waals surface area (Å²) >= 11 is 3.20. The number of hydrogen-bond acceptors (Lipinski definition) is 4. The van der Waals surface area contributed by atoms with E-state index in [9.17, 15) is 9.90 Å². The zero-order valence-corrected chi connectivity index (χ0v) is 12.4. The summed E-state index contributed by atoms with van der Waals surface area (Å²) in [4.78, 5) is 11.0. The Bertz CT molecular complexity index is 433. The van der Waals surface area contributed by atoms with E-state index in [0.29, 0.717) is 4.47 Å². The summed E-state index contributed by atoms with van der Waals surface area (Å²) in [5.74, 6) is -0.858. The van der Waals surface area contributed by atoms with Gasteiger partial charge in [0, 0.05) is 4.47 Å². The number of aromatic carboxylic acids is 1. The molecule has 0 fully saturated rings. The van der Waals surface area contributed by atoms with Crippen molar-refractivity contribution in [2.75, 3.05) is 13.2 Å². The Morgan fingerprint density at radius 3 is 2.63 bits per heavy atom. The van der Waals surface area contributed by atoms with Gasteiger partial charge in [0.05, 0.1) is 12.7 Å². The van der Waals surface area contributed by atoms with Gasteiger partial charge >= 0.3 is 5.97 Å². The molecule has 2 N–H and O–H groups in total. The molecule has 19 heavy (non-hydrogen) atoms. The molecule has 1 rings (SSSR count). The maximum absolute atomic E-state index is 11.0. The first-order chi connectivity index (χ1) is 8.90. The molecule has 0 aliphatic carbocycles. The van der Waals surface area contributed by atoms with Gasteiger partial charge in [-0.25, -0.2) is 4.79 Å². The monoisotopic (exact) mass is 332 g/mol. The average molecular weight is 333 g/mol. The van der Waals surface area contributed by atoms with Crippen LogP contribution in [0.15, 0.2) is 22.7 Å². The van der Waals surface area contributed by atoms with Crippen molar-refractivity contribution in [1.82, 2.24) is 0 Å². The highest BCUT2D eigenvalue weighted by atomic mass is 79.9. The van der Waals surface area contributed by atoms with E-state index in [1.807, 2.05) is 13.8 Å². The van der Waals surface area contributed by atoms with Crippen molar-refractivity contribution in [3.63, 3.8) is 0 Å². The van der Waals surface area contributed by atoms with Crippen molar-refractivity contribution in [2.45, 2.75) is 26.1 Å². The molecule has 1 aromatic carbocycles. The summed E-state index contributed by atoms with van der Waals surface area (Å²) in [5, 5.41) is 18.7. The second-order valence-electron chi connectivity index (χ2n) is 4.29. The van der Waals surface area contributed by atoms with E-state index < -0.39 is 12.1 Å². The van der Waals surface area contributed by atoms with Gasteiger partial charge in [0.25, 0.3) is 0 Å². The first-order valence-electron chi connectivity index (χ1n) is 5.85. The predicted octanol–water partition coefficient (Wildman–Crippen LogP) is 2.31. The van der Waals surface area contributed by atoms with Gasteiger partial charge in [-0.15, -0.1) is 0 Å². The smallest absolute Gasteiger partial charge is 0.339 e. The highest BCUT2D eigenvalue weighted by Crippen LogP contribution is 2.23. The molecule has 0 heterocycles. The van der Waals surface area contributed by atoms with E-state index in [1.54, 1.807) is 12.1 Å². The van der Waals surface area contributed by atoms with Crippen LogP contribution < -0.4 is 4.74 Å². The highest BCUT2D eigenvalue weighted by molar-refractivity contribution is 9.10. The number of carboxylic acids is 1. The zero-order valence-electron chi connectivity index (χ0n) is 10.8. The highest BCUT2D eigenvalue weighted by Gasteiger charge is 2.14. The number of benzene rings is 1. The molecule has 1 atom stereocenters. The third kappa shape index (κ3) is 5.59. The molecular weight excluding hydrogens is 316 g/mol. The number of rotatable bonds is 7. The maximum atomic E-state index is 11.0. The van der Waals surface area contributed by atoms with Crippen LogP contribution in [0.3, 0.4) is 0 Å². The first-order valence-corrected chi connectivity index (χ1v) is 6.64. The normalized spacial score (nSPS) is 12.5. The summed E-state index contributed by atoms with van der Waals surface area (Å²) in [5.41, 5.74) is 0.0475. The minimum Gasteiger partial charge on any atom is -0.490 e. The van der Waals surface area contributed by atoms with Gasteiger partial charge in [-0.3, -0.25) is 0 Å². The fourth-order valence-corrected chi connectivity index (χ4v) is 1.69. The SMILES string of the molecule is CC(C)OCC(O)COc1ccc(Br)cc1C(=O)O. The van der Waals surface area contributed by atoms with Gasteiger partial charge in [-0.2, -0.15) is 0 Å². The molecule has 0 aromatic heterocycles. The summed E-state index contributed by atoms with van der Waals surface area (Å²) in [6.07, 6.45) is -0.774. The van der Waals surface area contributed by atoms with Gasteiger partial charge in [-0.1, -0.05) is 15.9 Å². The van der Waals surface area contributed by atoms with Crippen LogP contribution in [0.1, 0.15) is 24.2 Å². The summed E-state index contributed by atoms with van der Waals surface area (Å²) in [7, 11) is 0. The third-order valence-corrected chi connectivity index (χ3v) is 2.72. The van der Waals surface area contributed by atoms with Gasteiger partial charge in [0.1, 0.15) is 24.0 Å². The Morgan fingerprint density at radius 2 is 2.05 bits per heavy atom. The van der Waals surface area contributed by atoms with E-state index in [2.05, 4.69) is 15.9 Å². The van der Waals surface area contributed by atoms with Gasteiger partial charge in [0.2, 0.25) is 0 Å². The zero-order chi connectivity index (χ0) is 14.4. The van der Waals surface area contributed by atoms with E-state index >= 15 is 0 Å². The minimum absolute atomic E-state index is 0.0192. The number of aliphatic hydroxyl groups is 1. The molecule has 0 aliphatic rings. The molecule has 0 aliphatic heterocycles. The molecule has 0 bridgehead atoms. The van der Waals surface area contributed by atoms with Gasteiger partial charge < -0.3 is 19.7 Å². The lowest BCUT2D eigenvalue weighted by molar-refractivity contribution is -0.0124. The Labute approximate surface area is 120 Å². The second-order valence-corrected chi connectivity index (χ2v) is 5.21. The molecule has 0 saturated carbocycles. The van der Waals surface area contributed by atoms with Crippen LogP contribution in [-0.4, -0.2) is 41.6 Å². The Hall–Kier alpha value is -1.11. The van der Waals surface area contributed by atoms with Crippen molar-refractivity contribution in [3.8, 4) is 5.75 Å². The molecule has 0 saturated heterocycles. The predicted molar refractivity (Wildman–Crippen MR) is 73.7 cm³/mol. The van der Waals surface area contributed by atoms with Crippen LogP contribution >= 0.6 is 15.9 Å². The van der Waals surface area contributed by atoms with E-state index in [-0.39, 0.29) is 30.6 Å². The Balaban J connectivity index is 2.60. The lowest BCUT2D eigenvalue weighted by Crippen LogP contribution is -2.25. The van der Waals surface area contributed by atoms with Gasteiger partial charge in [0.15, 0.2) is 0 Å². The third-order valence-electron chi connectivity index (χ3n) is 2.23. The molecule has 0 amide bonds. The molecule has 0 radical (unpaired) electrons. The lowest BCUT2D eigenvalue weighted by Gasteiger charge is -2.15. The van der Waals surface area contributed by atoms with Crippen molar-refractivity contribution in [1.29, 1.82) is 0 Å². The quantitative estimate of drug-likeness (QED) is 0.801. The van der Waals surface area contributed by atoms with Crippen molar-refractivity contribution in [3.05, 3.63) is 28.2 Å². The minimum atomic E-state index is -1.08. The van der Waals surface area contributed by atoms with E-state index in [4.69, 9.17) is 14.6 Å². The van der Waals surface area contributed by atoms with Crippen LogP contribution in [0.25, 0.3) is 0 Å². The molecule has 6 heteroatoms. The standard InChI is InChI=1S/C13H17BrO5/c1-8(2)18-6-10(15)7-19-12-4-3-9(14)5-11(12)13(16)17/h3-5,8,10,15H,6-7H2,1-2H3,(H,16,17). The molecule has 106 valence electrons. The molecule has 1 aromatic rings. The number of carbonyl (C=O) groups is 1. The number of halogens is 1. The van der Waals surface area contributed by atoms with Crippen LogP contribution in [0, 0.1) is 0 Å². The summed E-state index contributed by atoms with van der Waals surface area (Å²) in [6, 6.07) is 4.68. The number of carboxylic acid groups (broad SMARTS) is 1. The largest absolute Gasteiger partial charge is 0.490 e. The Morgan fingerprint density at radius 1 is 1.37 bits per heavy atom. The molecule has 1 unspecified atom stereocenters. The van der Waals surface area contributed by atoms with E-state index in [1.165, 1.54) is 6.07 Å². The number of ether oxygens (including phenoxy) is 2. The van der Waals surface area contributed by atoms with Crippen molar-refractivity contribution in [2.24, 2.45) is 0 Å². The van der Waals surface area contributed by atoms with Crippen LogP contribution in [-0.2, 0) is 4.74 Å². The van der Waals surface area contributed by atoms with Crippen LogP contribution in [0.5, 0.6) is 5.75 Å². The van der Waals surface area contributed by atoms with Crippen molar-refractivity contribution < 1.29 is 24.5 Å². The fourth-order valence-electron chi connectivity index (χ4n) is 1.33. The molecule has 0 spiro atoms. The maximum Gasteiger partial charge on any atom is 0.339 e. The van der Waals surface area contributed by atoms with Gasteiger partial charge in [-0.05, 0) is 32.0 Å². The number of aliphatic hydroxyl groups excluding tert-OH is 1. The number of hydrogen-bond donors (Lipinski definition) is 2. The second kappa shape index (κ2) is 7.47. The van der Waals surface area contributed by atoms with Crippen molar-refractivity contribution >= 4 is 21.9 Å². The average Bonchev–Trinajstić information content (AvgIpc) is 2.34. The van der Waals surface area contributed by atoms with Crippen LogP contribution in [0.2, 0.25) is 0 Å². The van der Waals surface area contributed by atoms with Crippen LogP contribution in [0.4, 0.5) is 0 Å². The first kappa shape index (κ1) is 15.9. The Kier molecular flexibility index (Phi) is 6.27.